The molecule has 1 aliphatic heterocycles. The molecule has 1 aliphatic carbocycles. The Kier molecular flexibility index (Phi) is 3.21. The van der Waals surface area contributed by atoms with Gasteiger partial charge in [-0.3, -0.25) is 0 Å². The van der Waals surface area contributed by atoms with Crippen LogP contribution >= 0.6 is 0 Å². The molecule has 0 spiro atoms. The second-order valence-corrected chi connectivity index (χ2v) is 4.54. The van der Waals surface area contributed by atoms with Gasteiger partial charge >= 0.3 is 6.18 Å². The van der Waals surface area contributed by atoms with Gasteiger partial charge in [0.15, 0.2) is 0 Å². The van der Waals surface area contributed by atoms with Gasteiger partial charge in [-0.25, -0.2) is 0 Å². The zero-order chi connectivity index (χ0) is 10.9. The number of halogens is 3. The molecule has 2 nitrogen and oxygen atoms in total. The number of hydrogen-bond acceptors (Lipinski definition) is 2. The fourth-order valence-electron chi connectivity index (χ4n) is 2.19. The second-order valence-electron chi connectivity index (χ2n) is 4.54. The van der Waals surface area contributed by atoms with Crippen molar-refractivity contribution in [2.24, 2.45) is 11.8 Å². The summed E-state index contributed by atoms with van der Waals surface area (Å²) in [5.41, 5.74) is 0. The largest absolute Gasteiger partial charge is 0.393 e. The van der Waals surface area contributed by atoms with Crippen LogP contribution in [-0.2, 0) is 0 Å². The maximum absolute atomic E-state index is 12.7. The highest BCUT2D eigenvalue weighted by molar-refractivity contribution is 4.88. The average molecular weight is 222 g/mol. The molecule has 2 aliphatic rings. The summed E-state index contributed by atoms with van der Waals surface area (Å²) in [5, 5.41) is 3.15. The van der Waals surface area contributed by atoms with Crippen LogP contribution in [0.4, 0.5) is 13.2 Å². The van der Waals surface area contributed by atoms with E-state index in [1.54, 1.807) is 0 Å². The number of nitrogens with one attached hydrogen (secondary N) is 1. The fraction of sp³-hybridized carbons (Fsp3) is 1.00. The van der Waals surface area contributed by atoms with Crippen LogP contribution < -0.4 is 5.32 Å². The van der Waals surface area contributed by atoms with Crippen LogP contribution in [0, 0.1) is 11.8 Å². The van der Waals surface area contributed by atoms with Crippen molar-refractivity contribution in [1.29, 1.82) is 0 Å². The fourth-order valence-corrected chi connectivity index (χ4v) is 2.19. The van der Waals surface area contributed by atoms with E-state index in [-0.39, 0.29) is 12.5 Å². The van der Waals surface area contributed by atoms with Crippen LogP contribution in [0.3, 0.4) is 0 Å². The van der Waals surface area contributed by atoms with Crippen LogP contribution in [0.15, 0.2) is 0 Å². The van der Waals surface area contributed by atoms with E-state index < -0.39 is 12.1 Å². The highest BCUT2D eigenvalue weighted by atomic mass is 19.4. The Hall–Kier alpha value is -0.290. The SMILES string of the molecule is FC(F)(F)C(CN1CCNCC1)C1CC1. The van der Waals surface area contributed by atoms with Crippen LogP contribution in [0.1, 0.15) is 12.8 Å². The molecule has 0 bridgehead atoms. The normalized spacial score (nSPS) is 26.6. The molecule has 5 heteroatoms. The molecule has 2 fully saturated rings. The molecule has 1 heterocycles. The molecule has 1 saturated carbocycles. The van der Waals surface area contributed by atoms with Crippen molar-refractivity contribution in [3.8, 4) is 0 Å². The first-order valence-corrected chi connectivity index (χ1v) is 5.57. The van der Waals surface area contributed by atoms with Crippen LogP contribution in [-0.4, -0.2) is 43.8 Å². The maximum Gasteiger partial charge on any atom is 0.393 e. The van der Waals surface area contributed by atoms with E-state index in [0.29, 0.717) is 0 Å². The predicted molar refractivity (Wildman–Crippen MR) is 51.6 cm³/mol. The second kappa shape index (κ2) is 4.29. The molecule has 1 N–H and O–H groups in total. The summed E-state index contributed by atoms with van der Waals surface area (Å²) in [6.45, 7) is 3.33. The van der Waals surface area contributed by atoms with Gasteiger partial charge in [-0.05, 0) is 18.8 Å². The molecular formula is C10H17F3N2. The number of piperazine rings is 1. The lowest BCUT2D eigenvalue weighted by Gasteiger charge is -2.31. The summed E-state index contributed by atoms with van der Waals surface area (Å²) in [6, 6.07) is 0. The highest BCUT2D eigenvalue weighted by Gasteiger charge is 2.49. The van der Waals surface area contributed by atoms with E-state index in [0.717, 1.165) is 39.0 Å². The Balaban J connectivity index is 1.88. The van der Waals surface area contributed by atoms with Crippen molar-refractivity contribution in [2.45, 2.75) is 19.0 Å². The molecule has 1 unspecified atom stereocenters. The Bertz CT molecular complexity index is 207. The van der Waals surface area contributed by atoms with Gasteiger partial charge in [0.05, 0.1) is 5.92 Å². The summed E-state index contributed by atoms with van der Waals surface area (Å²) >= 11 is 0. The Morgan fingerprint density at radius 3 is 2.27 bits per heavy atom. The van der Waals surface area contributed by atoms with Crippen LogP contribution in [0.25, 0.3) is 0 Å². The minimum absolute atomic E-state index is 0.0973. The molecule has 1 atom stereocenters. The molecule has 88 valence electrons. The number of nitrogens with zero attached hydrogens (tertiary/aromatic N) is 1. The summed E-state index contributed by atoms with van der Waals surface area (Å²) in [5.74, 6) is -1.18. The zero-order valence-electron chi connectivity index (χ0n) is 8.69. The first-order chi connectivity index (χ1) is 7.07. The molecule has 0 aromatic rings. The van der Waals surface area contributed by atoms with Gasteiger partial charge in [-0.1, -0.05) is 0 Å². The van der Waals surface area contributed by atoms with Gasteiger partial charge in [0.2, 0.25) is 0 Å². The third-order valence-electron chi connectivity index (χ3n) is 3.28. The van der Waals surface area contributed by atoms with E-state index in [4.69, 9.17) is 0 Å². The minimum atomic E-state index is -4.01. The van der Waals surface area contributed by atoms with E-state index in [2.05, 4.69) is 5.32 Å². The number of hydrogen-bond donors (Lipinski definition) is 1. The number of alkyl halides is 3. The molecule has 0 aromatic heterocycles. The molecule has 1 saturated heterocycles. The quantitative estimate of drug-likeness (QED) is 0.778. The molecule has 0 radical (unpaired) electrons. The van der Waals surface area contributed by atoms with Crippen molar-refractivity contribution < 1.29 is 13.2 Å². The van der Waals surface area contributed by atoms with Gasteiger partial charge in [0, 0.05) is 32.7 Å². The average Bonchev–Trinajstić information content (AvgIpc) is 2.97. The molecule has 2 rings (SSSR count). The van der Waals surface area contributed by atoms with Gasteiger partial charge in [-0.2, -0.15) is 13.2 Å². The van der Waals surface area contributed by atoms with Crippen molar-refractivity contribution in [3.63, 3.8) is 0 Å². The van der Waals surface area contributed by atoms with Crippen molar-refractivity contribution in [2.75, 3.05) is 32.7 Å². The summed E-state index contributed by atoms with van der Waals surface area (Å²) < 4.78 is 38.2. The van der Waals surface area contributed by atoms with Crippen molar-refractivity contribution in [3.05, 3.63) is 0 Å². The Morgan fingerprint density at radius 2 is 1.80 bits per heavy atom. The lowest BCUT2D eigenvalue weighted by atomic mass is 10.0. The lowest BCUT2D eigenvalue weighted by molar-refractivity contribution is -0.185. The van der Waals surface area contributed by atoms with Crippen molar-refractivity contribution in [1.82, 2.24) is 10.2 Å². The first kappa shape index (κ1) is 11.2. The monoisotopic (exact) mass is 222 g/mol. The van der Waals surface area contributed by atoms with Crippen LogP contribution in [0.2, 0.25) is 0 Å². The van der Waals surface area contributed by atoms with Gasteiger partial charge < -0.3 is 10.2 Å². The molecule has 0 amide bonds. The molecule has 0 aromatic carbocycles. The molecule has 15 heavy (non-hydrogen) atoms. The minimum Gasteiger partial charge on any atom is -0.314 e. The summed E-state index contributed by atoms with van der Waals surface area (Å²) in [6.07, 6.45) is -2.49. The number of rotatable bonds is 3. The van der Waals surface area contributed by atoms with E-state index >= 15 is 0 Å². The van der Waals surface area contributed by atoms with Crippen molar-refractivity contribution >= 4 is 0 Å². The predicted octanol–water partition coefficient (Wildman–Crippen LogP) is 1.48. The van der Waals surface area contributed by atoms with E-state index in [9.17, 15) is 13.2 Å². The topological polar surface area (TPSA) is 15.3 Å². The maximum atomic E-state index is 12.7. The van der Waals surface area contributed by atoms with Crippen LogP contribution in [0.5, 0.6) is 0 Å². The third-order valence-corrected chi connectivity index (χ3v) is 3.28. The molecular weight excluding hydrogens is 205 g/mol. The summed E-state index contributed by atoms with van der Waals surface area (Å²) in [4.78, 5) is 1.94. The first-order valence-electron chi connectivity index (χ1n) is 5.57. The van der Waals surface area contributed by atoms with Gasteiger partial charge in [0.1, 0.15) is 0 Å². The Morgan fingerprint density at radius 1 is 1.20 bits per heavy atom. The third kappa shape index (κ3) is 3.08. The Labute approximate surface area is 87.8 Å². The standard InChI is InChI=1S/C10H17F3N2/c11-10(12,13)9(8-1-2-8)7-15-5-3-14-4-6-15/h8-9,14H,1-7H2. The van der Waals surface area contributed by atoms with E-state index in [1.165, 1.54) is 0 Å². The summed E-state index contributed by atoms with van der Waals surface area (Å²) in [7, 11) is 0. The lowest BCUT2D eigenvalue weighted by Crippen LogP contribution is -2.47. The van der Waals surface area contributed by atoms with E-state index in [1.807, 2.05) is 4.90 Å². The van der Waals surface area contributed by atoms with Gasteiger partial charge in [-0.15, -0.1) is 0 Å². The highest BCUT2D eigenvalue weighted by Crippen LogP contribution is 2.45. The van der Waals surface area contributed by atoms with Gasteiger partial charge in [0.25, 0.3) is 0 Å². The smallest absolute Gasteiger partial charge is 0.314 e. The zero-order valence-corrected chi connectivity index (χ0v) is 8.69.